The van der Waals surface area contributed by atoms with E-state index in [1.54, 1.807) is 36.0 Å². The number of hydrogen-bond acceptors (Lipinski definition) is 4. The third-order valence-corrected chi connectivity index (χ3v) is 7.08. The highest BCUT2D eigenvalue weighted by Gasteiger charge is 2.31. The second-order valence-corrected chi connectivity index (χ2v) is 9.77. The molecule has 1 unspecified atom stereocenters. The normalized spacial score (nSPS) is 15.7. The number of thioether (sulfide) groups is 1. The largest absolute Gasteiger partial charge is 0.478 e. The minimum atomic E-state index is -4.39. The fourth-order valence-corrected chi connectivity index (χ4v) is 5.21. The maximum Gasteiger partial charge on any atom is 0.416 e. The summed E-state index contributed by atoms with van der Waals surface area (Å²) in [6.07, 6.45) is 3.20. The summed E-state index contributed by atoms with van der Waals surface area (Å²) in [6.45, 7) is 0. The van der Waals surface area contributed by atoms with E-state index in [0.29, 0.717) is 23.0 Å². The molecule has 1 aliphatic rings. The zero-order chi connectivity index (χ0) is 25.0. The fourth-order valence-electron chi connectivity index (χ4n) is 4.72. The number of halogens is 3. The van der Waals surface area contributed by atoms with E-state index in [4.69, 9.17) is 4.42 Å². The first-order chi connectivity index (χ1) is 16.8. The molecule has 1 heterocycles. The number of nitrogens with one attached hydrogen (secondary N) is 1. The predicted octanol–water partition coefficient (Wildman–Crippen LogP) is 8.26. The Morgan fingerprint density at radius 1 is 1.09 bits per heavy atom. The van der Waals surface area contributed by atoms with Gasteiger partial charge < -0.3 is 14.8 Å². The maximum absolute atomic E-state index is 13.0. The molecule has 0 amide bonds. The van der Waals surface area contributed by atoms with Crippen LogP contribution in [0.5, 0.6) is 0 Å². The van der Waals surface area contributed by atoms with Gasteiger partial charge in [0, 0.05) is 16.8 Å². The van der Waals surface area contributed by atoms with Gasteiger partial charge in [-0.2, -0.15) is 24.9 Å². The Labute approximate surface area is 206 Å². The summed E-state index contributed by atoms with van der Waals surface area (Å²) >= 11 is 1.62. The van der Waals surface area contributed by atoms with Crippen LogP contribution in [0.1, 0.15) is 65.4 Å². The number of carboxylic acid groups (broad SMARTS) is 1. The van der Waals surface area contributed by atoms with E-state index in [1.807, 2.05) is 12.3 Å². The molecular formula is C27H28F3NO3S. The molecular weight excluding hydrogens is 475 g/mol. The van der Waals surface area contributed by atoms with E-state index >= 15 is 0 Å². The molecule has 4 nitrogen and oxygen atoms in total. The van der Waals surface area contributed by atoms with Gasteiger partial charge in [0.25, 0.3) is 0 Å². The molecule has 186 valence electrons. The highest BCUT2D eigenvalue weighted by molar-refractivity contribution is 7.97. The first kappa shape index (κ1) is 25.2. The number of alkyl halides is 3. The highest BCUT2D eigenvalue weighted by atomic mass is 32.2. The number of furan rings is 1. The topological polar surface area (TPSA) is 62.5 Å². The lowest BCUT2D eigenvalue weighted by atomic mass is 9.81. The summed E-state index contributed by atoms with van der Waals surface area (Å²) in [5.74, 6) is 1.37. The molecule has 1 fully saturated rings. The van der Waals surface area contributed by atoms with Crippen molar-refractivity contribution in [1.82, 2.24) is 0 Å². The van der Waals surface area contributed by atoms with Crippen molar-refractivity contribution in [3.05, 3.63) is 77.0 Å². The molecule has 1 aliphatic carbocycles. The van der Waals surface area contributed by atoms with E-state index in [9.17, 15) is 23.1 Å². The van der Waals surface area contributed by atoms with Crippen LogP contribution in [-0.4, -0.2) is 17.3 Å². The Bertz CT molecular complexity index is 1130. The van der Waals surface area contributed by atoms with E-state index in [1.165, 1.54) is 18.6 Å². The Morgan fingerprint density at radius 3 is 2.31 bits per heavy atom. The molecule has 8 heteroatoms. The molecule has 2 aromatic carbocycles. The number of hydrogen-bond donors (Lipinski definition) is 2. The molecule has 1 aromatic heterocycles. The van der Waals surface area contributed by atoms with Crippen molar-refractivity contribution in [3.63, 3.8) is 0 Å². The molecule has 2 N–H and O–H groups in total. The van der Waals surface area contributed by atoms with Crippen LogP contribution in [0.3, 0.4) is 0 Å². The van der Waals surface area contributed by atoms with Gasteiger partial charge in [-0.25, -0.2) is 4.79 Å². The first-order valence-corrected chi connectivity index (χ1v) is 13.0. The Balaban J connectivity index is 1.69. The first-order valence-electron chi connectivity index (χ1n) is 11.7. The molecule has 0 aliphatic heterocycles. The van der Waals surface area contributed by atoms with Crippen LogP contribution in [0.25, 0.3) is 11.3 Å². The van der Waals surface area contributed by atoms with Crippen molar-refractivity contribution in [1.29, 1.82) is 0 Å². The summed E-state index contributed by atoms with van der Waals surface area (Å²) < 4.78 is 45.2. The molecule has 3 aromatic rings. The van der Waals surface area contributed by atoms with Gasteiger partial charge in [-0.05, 0) is 67.5 Å². The fraction of sp³-hybridized carbons (Fsp3) is 0.370. The van der Waals surface area contributed by atoms with Crippen LogP contribution in [0.15, 0.2) is 59.0 Å². The second-order valence-electron chi connectivity index (χ2n) is 8.90. The standard InChI is InChI=1S/C27H28F3NO3S/c1-35-16-24-22(15-23(34-24)17-7-11-20(12-8-17)27(28,29)30)25(18-5-3-2-4-6-18)31-21-13-9-19(10-14-21)26(32)33/h7-15,18,25,31H,2-6,16H2,1H3,(H,32,33). The molecule has 35 heavy (non-hydrogen) atoms. The van der Waals surface area contributed by atoms with Crippen molar-refractivity contribution in [3.8, 4) is 11.3 Å². The summed E-state index contributed by atoms with van der Waals surface area (Å²) in [4.78, 5) is 11.2. The molecule has 1 atom stereocenters. The number of carbonyl (C=O) groups is 1. The predicted molar refractivity (Wildman–Crippen MR) is 133 cm³/mol. The number of aromatic carboxylic acids is 1. The van der Waals surface area contributed by atoms with Gasteiger partial charge in [0.05, 0.1) is 22.9 Å². The third kappa shape index (κ3) is 6.04. The van der Waals surface area contributed by atoms with Gasteiger partial charge in [-0.3, -0.25) is 0 Å². The van der Waals surface area contributed by atoms with Crippen LogP contribution in [0.2, 0.25) is 0 Å². The minimum Gasteiger partial charge on any atom is -0.478 e. The van der Waals surface area contributed by atoms with Gasteiger partial charge in [0.1, 0.15) is 11.5 Å². The van der Waals surface area contributed by atoms with Crippen molar-refractivity contribution >= 4 is 23.4 Å². The summed E-state index contributed by atoms with van der Waals surface area (Å²) in [5, 5.41) is 12.8. The lowest BCUT2D eigenvalue weighted by Crippen LogP contribution is -2.23. The molecule has 0 spiro atoms. The lowest BCUT2D eigenvalue weighted by molar-refractivity contribution is -0.137. The minimum absolute atomic E-state index is 0.0555. The molecule has 0 radical (unpaired) electrons. The van der Waals surface area contributed by atoms with E-state index in [-0.39, 0.29) is 11.6 Å². The Kier molecular flexibility index (Phi) is 7.79. The van der Waals surface area contributed by atoms with Crippen LogP contribution >= 0.6 is 11.8 Å². The molecule has 4 rings (SSSR count). The van der Waals surface area contributed by atoms with Crippen LogP contribution in [0.4, 0.5) is 18.9 Å². The Hall–Kier alpha value is -2.87. The lowest BCUT2D eigenvalue weighted by Gasteiger charge is -2.32. The number of anilines is 1. The Morgan fingerprint density at radius 2 is 1.74 bits per heavy atom. The van der Waals surface area contributed by atoms with Gasteiger partial charge in [0.2, 0.25) is 0 Å². The number of benzene rings is 2. The highest BCUT2D eigenvalue weighted by Crippen LogP contribution is 2.41. The summed E-state index contributed by atoms with van der Waals surface area (Å²) in [5.41, 5.74) is 1.95. The smallest absolute Gasteiger partial charge is 0.416 e. The van der Waals surface area contributed by atoms with Gasteiger partial charge in [-0.1, -0.05) is 31.4 Å². The zero-order valence-corrected chi connectivity index (χ0v) is 20.2. The van der Waals surface area contributed by atoms with Gasteiger partial charge in [0.15, 0.2) is 0 Å². The summed E-state index contributed by atoms with van der Waals surface area (Å²) in [7, 11) is 0. The van der Waals surface area contributed by atoms with Crippen LogP contribution < -0.4 is 5.32 Å². The molecule has 0 bridgehead atoms. The van der Waals surface area contributed by atoms with Crippen molar-refractivity contribution in [2.45, 2.75) is 50.1 Å². The van der Waals surface area contributed by atoms with E-state index in [0.717, 1.165) is 54.8 Å². The van der Waals surface area contributed by atoms with E-state index in [2.05, 4.69) is 5.32 Å². The molecule has 0 saturated heterocycles. The van der Waals surface area contributed by atoms with Crippen LogP contribution in [0, 0.1) is 5.92 Å². The summed E-state index contributed by atoms with van der Waals surface area (Å²) in [6, 6.07) is 13.6. The van der Waals surface area contributed by atoms with Crippen molar-refractivity contribution in [2.75, 3.05) is 11.6 Å². The van der Waals surface area contributed by atoms with Crippen molar-refractivity contribution < 1.29 is 27.5 Å². The quantitative estimate of drug-likeness (QED) is 0.324. The molecule has 1 saturated carbocycles. The zero-order valence-electron chi connectivity index (χ0n) is 19.4. The van der Waals surface area contributed by atoms with Gasteiger partial charge in [-0.15, -0.1) is 0 Å². The second kappa shape index (κ2) is 10.8. The monoisotopic (exact) mass is 503 g/mol. The average Bonchev–Trinajstić information content (AvgIpc) is 3.26. The van der Waals surface area contributed by atoms with Crippen LogP contribution in [-0.2, 0) is 11.9 Å². The van der Waals surface area contributed by atoms with Crippen molar-refractivity contribution in [2.24, 2.45) is 5.92 Å². The number of carboxylic acids is 1. The SMILES string of the molecule is CSCc1oc(-c2ccc(C(F)(F)F)cc2)cc1C(Nc1ccc(C(=O)O)cc1)C1CCCCC1. The van der Waals surface area contributed by atoms with E-state index < -0.39 is 17.7 Å². The maximum atomic E-state index is 13.0. The third-order valence-electron chi connectivity index (χ3n) is 6.52. The van der Waals surface area contributed by atoms with Gasteiger partial charge >= 0.3 is 12.1 Å². The average molecular weight is 504 g/mol. The number of rotatable bonds is 8.